The number of aryl methyl sites for hydroxylation is 1. The molecule has 0 radical (unpaired) electrons. The topological polar surface area (TPSA) is 91.7 Å². The molecule has 154 valence electrons. The van der Waals surface area contributed by atoms with Crippen LogP contribution in [0.15, 0.2) is 16.5 Å². The second kappa shape index (κ2) is 8.37. The molecule has 0 unspecified atom stereocenters. The highest BCUT2D eigenvalue weighted by atomic mass is 16.3. The van der Waals surface area contributed by atoms with Crippen LogP contribution in [-0.4, -0.2) is 34.8 Å². The molecular formula is C21H31N3O4. The van der Waals surface area contributed by atoms with E-state index in [1.807, 2.05) is 24.0 Å². The second-order valence-corrected chi connectivity index (χ2v) is 8.57. The van der Waals surface area contributed by atoms with Gasteiger partial charge in [-0.25, -0.2) is 4.79 Å². The maximum absolute atomic E-state index is 13.2. The van der Waals surface area contributed by atoms with E-state index in [0.717, 1.165) is 24.4 Å². The summed E-state index contributed by atoms with van der Waals surface area (Å²) in [4.78, 5) is 38.7. The van der Waals surface area contributed by atoms with Crippen molar-refractivity contribution in [3.8, 4) is 0 Å². The summed E-state index contributed by atoms with van der Waals surface area (Å²) < 4.78 is 5.69. The molecular weight excluding hydrogens is 358 g/mol. The monoisotopic (exact) mass is 389 g/mol. The van der Waals surface area contributed by atoms with Gasteiger partial charge in [0.1, 0.15) is 17.1 Å². The van der Waals surface area contributed by atoms with Gasteiger partial charge in [0.15, 0.2) is 0 Å². The van der Waals surface area contributed by atoms with Gasteiger partial charge in [0.2, 0.25) is 5.91 Å². The maximum atomic E-state index is 13.2. The van der Waals surface area contributed by atoms with Crippen molar-refractivity contribution in [2.45, 2.75) is 71.4 Å². The van der Waals surface area contributed by atoms with Crippen molar-refractivity contribution in [1.29, 1.82) is 0 Å². The Balaban J connectivity index is 1.63. The number of rotatable bonds is 7. The predicted molar refractivity (Wildman–Crippen MR) is 104 cm³/mol. The third-order valence-electron chi connectivity index (χ3n) is 5.87. The molecule has 4 amide bonds. The molecule has 1 aromatic rings. The number of furan rings is 1. The quantitative estimate of drug-likeness (QED) is 0.701. The Morgan fingerprint density at radius 1 is 1.29 bits per heavy atom. The Bertz CT molecular complexity index is 732. The average Bonchev–Trinajstić information content (AvgIpc) is 3.16. The standard InChI is InChI=1S/C21H31N3O4/c1-14(2)5-4-12-24(13-17-7-6-15(3)28-17)18(25)16-8-10-21(11-9-16)19(26)22-20(27)23-21/h6-7,14,16H,4-5,8-13H2,1-3H3,(H2,22,23,26,27). The van der Waals surface area contributed by atoms with Gasteiger partial charge in [-0.15, -0.1) is 0 Å². The van der Waals surface area contributed by atoms with E-state index in [0.29, 0.717) is 44.7 Å². The van der Waals surface area contributed by atoms with E-state index in [1.165, 1.54) is 0 Å². The lowest BCUT2D eigenvalue weighted by molar-refractivity contribution is -0.139. The Morgan fingerprint density at radius 2 is 2.00 bits per heavy atom. The van der Waals surface area contributed by atoms with Crippen LogP contribution in [0.1, 0.15) is 63.9 Å². The Hall–Kier alpha value is -2.31. The summed E-state index contributed by atoms with van der Waals surface area (Å²) in [6.45, 7) is 7.45. The van der Waals surface area contributed by atoms with Gasteiger partial charge in [-0.2, -0.15) is 0 Å². The molecule has 1 saturated carbocycles. The van der Waals surface area contributed by atoms with Gasteiger partial charge < -0.3 is 14.6 Å². The van der Waals surface area contributed by atoms with Gasteiger partial charge in [0, 0.05) is 12.5 Å². The zero-order valence-corrected chi connectivity index (χ0v) is 17.0. The van der Waals surface area contributed by atoms with Crippen LogP contribution in [-0.2, 0) is 16.1 Å². The molecule has 7 nitrogen and oxygen atoms in total. The minimum atomic E-state index is -0.825. The van der Waals surface area contributed by atoms with Crippen molar-refractivity contribution < 1.29 is 18.8 Å². The fraction of sp³-hybridized carbons (Fsp3) is 0.667. The summed E-state index contributed by atoms with van der Waals surface area (Å²) in [5, 5.41) is 5.08. The number of nitrogens with one attached hydrogen (secondary N) is 2. The summed E-state index contributed by atoms with van der Waals surface area (Å²) in [5.74, 6) is 1.98. The van der Waals surface area contributed by atoms with Crippen LogP contribution >= 0.6 is 0 Å². The summed E-state index contributed by atoms with van der Waals surface area (Å²) in [6, 6.07) is 3.41. The van der Waals surface area contributed by atoms with E-state index in [9.17, 15) is 14.4 Å². The third-order valence-corrected chi connectivity index (χ3v) is 5.87. The van der Waals surface area contributed by atoms with Crippen molar-refractivity contribution in [3.63, 3.8) is 0 Å². The van der Waals surface area contributed by atoms with Gasteiger partial charge in [-0.1, -0.05) is 13.8 Å². The van der Waals surface area contributed by atoms with E-state index in [1.54, 1.807) is 0 Å². The van der Waals surface area contributed by atoms with Gasteiger partial charge in [-0.05, 0) is 63.5 Å². The number of amides is 4. The lowest BCUT2D eigenvalue weighted by Crippen LogP contribution is -2.51. The van der Waals surface area contributed by atoms with E-state index in [2.05, 4.69) is 24.5 Å². The smallest absolute Gasteiger partial charge is 0.322 e. The molecule has 2 aliphatic rings. The Kier molecular flexibility index (Phi) is 6.10. The maximum Gasteiger partial charge on any atom is 0.322 e. The minimum absolute atomic E-state index is 0.119. The van der Waals surface area contributed by atoms with E-state index in [-0.39, 0.29) is 17.7 Å². The molecule has 1 aromatic heterocycles. The number of hydrogen-bond acceptors (Lipinski definition) is 4. The highest BCUT2D eigenvalue weighted by Gasteiger charge is 2.49. The molecule has 1 spiro atoms. The molecule has 3 rings (SSSR count). The first-order valence-corrected chi connectivity index (χ1v) is 10.3. The van der Waals surface area contributed by atoms with Crippen LogP contribution in [0.4, 0.5) is 4.79 Å². The highest BCUT2D eigenvalue weighted by molar-refractivity contribution is 6.07. The molecule has 2 heterocycles. The fourth-order valence-electron chi connectivity index (χ4n) is 4.21. The molecule has 0 atom stereocenters. The van der Waals surface area contributed by atoms with Crippen molar-refractivity contribution in [3.05, 3.63) is 23.7 Å². The normalized spacial score (nSPS) is 24.5. The van der Waals surface area contributed by atoms with E-state index < -0.39 is 11.6 Å². The zero-order valence-electron chi connectivity index (χ0n) is 17.0. The van der Waals surface area contributed by atoms with Crippen molar-refractivity contribution in [2.24, 2.45) is 11.8 Å². The number of urea groups is 1. The van der Waals surface area contributed by atoms with Gasteiger partial charge in [0.05, 0.1) is 6.54 Å². The zero-order chi connectivity index (χ0) is 20.3. The van der Waals surface area contributed by atoms with Crippen molar-refractivity contribution in [2.75, 3.05) is 6.54 Å². The summed E-state index contributed by atoms with van der Waals surface area (Å²) in [7, 11) is 0. The second-order valence-electron chi connectivity index (χ2n) is 8.57. The lowest BCUT2D eigenvalue weighted by atomic mass is 9.76. The summed E-state index contributed by atoms with van der Waals surface area (Å²) >= 11 is 0. The lowest BCUT2D eigenvalue weighted by Gasteiger charge is -2.36. The molecule has 0 aromatic carbocycles. The van der Waals surface area contributed by atoms with Crippen molar-refractivity contribution in [1.82, 2.24) is 15.5 Å². The number of hydrogen-bond donors (Lipinski definition) is 2. The van der Waals surface area contributed by atoms with Crippen LogP contribution in [0.25, 0.3) is 0 Å². The summed E-state index contributed by atoms with van der Waals surface area (Å²) in [6.07, 6.45) is 4.23. The van der Waals surface area contributed by atoms with Crippen LogP contribution in [0.3, 0.4) is 0 Å². The van der Waals surface area contributed by atoms with E-state index in [4.69, 9.17) is 4.42 Å². The molecule has 1 saturated heterocycles. The first-order chi connectivity index (χ1) is 13.3. The van der Waals surface area contributed by atoms with Crippen LogP contribution < -0.4 is 10.6 Å². The highest BCUT2D eigenvalue weighted by Crippen LogP contribution is 2.35. The largest absolute Gasteiger partial charge is 0.464 e. The SMILES string of the molecule is Cc1ccc(CN(CCCC(C)C)C(=O)C2CCC3(CC2)NC(=O)NC3=O)o1. The first kappa shape index (κ1) is 20.4. The van der Waals surface area contributed by atoms with Crippen LogP contribution in [0.5, 0.6) is 0 Å². The summed E-state index contributed by atoms with van der Waals surface area (Å²) in [5.41, 5.74) is -0.825. The molecule has 1 aliphatic heterocycles. The van der Waals surface area contributed by atoms with Gasteiger partial charge >= 0.3 is 6.03 Å². The molecule has 2 fully saturated rings. The minimum Gasteiger partial charge on any atom is -0.464 e. The van der Waals surface area contributed by atoms with Gasteiger partial charge in [0.25, 0.3) is 5.91 Å². The van der Waals surface area contributed by atoms with Crippen LogP contribution in [0, 0.1) is 18.8 Å². The molecule has 0 bridgehead atoms. The Morgan fingerprint density at radius 3 is 2.54 bits per heavy atom. The first-order valence-electron chi connectivity index (χ1n) is 10.3. The molecule has 1 aliphatic carbocycles. The third kappa shape index (κ3) is 4.56. The molecule has 7 heteroatoms. The van der Waals surface area contributed by atoms with Crippen molar-refractivity contribution >= 4 is 17.8 Å². The molecule has 2 N–H and O–H groups in total. The number of nitrogens with zero attached hydrogens (tertiary/aromatic N) is 1. The number of carbonyl (C=O) groups is 3. The van der Waals surface area contributed by atoms with Crippen LogP contribution in [0.2, 0.25) is 0 Å². The van der Waals surface area contributed by atoms with E-state index >= 15 is 0 Å². The average molecular weight is 389 g/mol. The fourth-order valence-corrected chi connectivity index (χ4v) is 4.21. The van der Waals surface area contributed by atoms with Gasteiger partial charge in [-0.3, -0.25) is 14.9 Å². The number of imide groups is 1. The predicted octanol–water partition coefficient (Wildman–Crippen LogP) is 3.12. The Labute approximate surface area is 166 Å². The molecule has 28 heavy (non-hydrogen) atoms. The number of carbonyl (C=O) groups excluding carboxylic acids is 3.